The third-order valence-electron chi connectivity index (χ3n) is 4.81. The van der Waals surface area contributed by atoms with Crippen LogP contribution in [0.15, 0.2) is 17.9 Å². The molecule has 1 aliphatic rings. The second-order valence-corrected chi connectivity index (χ2v) is 7.38. The fraction of sp³-hybridized carbons (Fsp3) is 0.438. The van der Waals surface area contributed by atoms with Gasteiger partial charge in [0.15, 0.2) is 0 Å². The SMILES string of the molecule is CNc1nc(Nc2cnn(C3CC(c4nncs4)C3)c2C)ncc1C(F)(F)F. The van der Waals surface area contributed by atoms with Crippen molar-refractivity contribution in [3.05, 3.63) is 34.2 Å². The van der Waals surface area contributed by atoms with Crippen molar-refractivity contribution < 1.29 is 13.2 Å². The van der Waals surface area contributed by atoms with Crippen molar-refractivity contribution in [3.63, 3.8) is 0 Å². The molecule has 0 bridgehead atoms. The molecule has 0 aliphatic heterocycles. The van der Waals surface area contributed by atoms with Gasteiger partial charge in [0.2, 0.25) is 5.95 Å². The van der Waals surface area contributed by atoms with E-state index in [0.717, 1.165) is 29.7 Å². The number of hydrogen-bond acceptors (Lipinski definition) is 8. The molecule has 0 radical (unpaired) electrons. The molecule has 1 aliphatic carbocycles. The first-order chi connectivity index (χ1) is 13.4. The molecule has 0 saturated heterocycles. The highest BCUT2D eigenvalue weighted by Gasteiger charge is 2.36. The quantitative estimate of drug-likeness (QED) is 0.662. The van der Waals surface area contributed by atoms with Gasteiger partial charge in [-0.05, 0) is 19.8 Å². The van der Waals surface area contributed by atoms with Crippen molar-refractivity contribution in [2.24, 2.45) is 0 Å². The molecule has 28 heavy (non-hydrogen) atoms. The third kappa shape index (κ3) is 3.39. The highest BCUT2D eigenvalue weighted by atomic mass is 32.1. The molecule has 148 valence electrons. The Morgan fingerprint density at radius 3 is 2.68 bits per heavy atom. The van der Waals surface area contributed by atoms with E-state index in [1.807, 2.05) is 11.6 Å². The summed E-state index contributed by atoms with van der Waals surface area (Å²) in [6, 6.07) is 0.255. The summed E-state index contributed by atoms with van der Waals surface area (Å²) in [5.41, 5.74) is 2.34. The van der Waals surface area contributed by atoms with Gasteiger partial charge in [-0.15, -0.1) is 21.5 Å². The third-order valence-corrected chi connectivity index (χ3v) is 5.66. The molecule has 3 aromatic rings. The van der Waals surface area contributed by atoms with Gasteiger partial charge in [-0.2, -0.15) is 23.3 Å². The van der Waals surface area contributed by atoms with Gasteiger partial charge in [0.05, 0.1) is 23.6 Å². The fourth-order valence-electron chi connectivity index (χ4n) is 3.22. The molecule has 0 spiro atoms. The van der Waals surface area contributed by atoms with Crippen LogP contribution in [-0.2, 0) is 6.18 Å². The average molecular weight is 410 g/mol. The van der Waals surface area contributed by atoms with Crippen molar-refractivity contribution in [1.29, 1.82) is 0 Å². The number of halogens is 3. The zero-order valence-corrected chi connectivity index (χ0v) is 15.8. The molecule has 1 fully saturated rings. The van der Waals surface area contributed by atoms with Crippen LogP contribution in [-0.4, -0.2) is 37.0 Å². The number of aromatic nitrogens is 6. The van der Waals surface area contributed by atoms with E-state index in [2.05, 4.69) is 35.9 Å². The fourth-order valence-corrected chi connectivity index (χ4v) is 3.90. The first-order valence-electron chi connectivity index (χ1n) is 8.56. The van der Waals surface area contributed by atoms with Crippen LogP contribution in [0, 0.1) is 6.92 Å². The summed E-state index contributed by atoms with van der Waals surface area (Å²) in [5, 5.41) is 18.9. The smallest absolute Gasteiger partial charge is 0.372 e. The minimum Gasteiger partial charge on any atom is -0.372 e. The van der Waals surface area contributed by atoms with Crippen LogP contribution in [0.25, 0.3) is 0 Å². The zero-order chi connectivity index (χ0) is 19.9. The lowest BCUT2D eigenvalue weighted by atomic mass is 9.81. The summed E-state index contributed by atoms with van der Waals surface area (Å²) in [4.78, 5) is 7.72. The van der Waals surface area contributed by atoms with Gasteiger partial charge in [-0.3, -0.25) is 4.68 Å². The Labute approximate surface area is 162 Å². The molecule has 3 aromatic heterocycles. The Bertz CT molecular complexity index is 963. The van der Waals surface area contributed by atoms with E-state index in [4.69, 9.17) is 0 Å². The van der Waals surface area contributed by atoms with Gasteiger partial charge < -0.3 is 10.6 Å². The predicted octanol–water partition coefficient (Wildman–Crippen LogP) is 3.76. The number of nitrogens with one attached hydrogen (secondary N) is 2. The first-order valence-corrected chi connectivity index (χ1v) is 9.44. The van der Waals surface area contributed by atoms with Gasteiger partial charge in [0.25, 0.3) is 0 Å². The number of alkyl halides is 3. The molecule has 0 unspecified atom stereocenters. The van der Waals surface area contributed by atoms with E-state index in [0.29, 0.717) is 11.6 Å². The molecule has 1 saturated carbocycles. The monoisotopic (exact) mass is 410 g/mol. The second kappa shape index (κ2) is 7.00. The summed E-state index contributed by atoms with van der Waals surface area (Å²) < 4.78 is 40.8. The summed E-state index contributed by atoms with van der Waals surface area (Å²) in [6.07, 6.45) is -0.270. The largest absolute Gasteiger partial charge is 0.421 e. The molecular formula is C16H17F3N8S. The number of hydrogen-bond donors (Lipinski definition) is 2. The molecule has 2 N–H and O–H groups in total. The number of anilines is 3. The first kappa shape index (κ1) is 18.6. The molecular weight excluding hydrogens is 393 g/mol. The lowest BCUT2D eigenvalue weighted by Crippen LogP contribution is -2.26. The molecule has 0 aromatic carbocycles. The molecule has 3 heterocycles. The average Bonchev–Trinajstić information content (AvgIpc) is 3.25. The Morgan fingerprint density at radius 2 is 2.04 bits per heavy atom. The molecule has 0 atom stereocenters. The summed E-state index contributed by atoms with van der Waals surface area (Å²) in [5.74, 6) is 0.184. The highest BCUT2D eigenvalue weighted by molar-refractivity contribution is 7.09. The lowest BCUT2D eigenvalue weighted by molar-refractivity contribution is -0.137. The van der Waals surface area contributed by atoms with Gasteiger partial charge in [-0.25, -0.2) is 4.98 Å². The zero-order valence-electron chi connectivity index (χ0n) is 15.0. The maximum atomic E-state index is 13.0. The van der Waals surface area contributed by atoms with Crippen LogP contribution < -0.4 is 10.6 Å². The Kier molecular flexibility index (Phi) is 4.65. The Morgan fingerprint density at radius 1 is 1.25 bits per heavy atom. The highest BCUT2D eigenvalue weighted by Crippen LogP contribution is 2.45. The van der Waals surface area contributed by atoms with Crippen molar-refractivity contribution in [1.82, 2.24) is 29.9 Å². The van der Waals surface area contributed by atoms with Gasteiger partial charge in [-0.1, -0.05) is 0 Å². The summed E-state index contributed by atoms with van der Waals surface area (Å²) in [7, 11) is 1.38. The molecule has 4 rings (SSSR count). The van der Waals surface area contributed by atoms with Crippen molar-refractivity contribution in [2.75, 3.05) is 17.7 Å². The normalized spacial score (nSPS) is 19.3. The van der Waals surface area contributed by atoms with E-state index in [1.54, 1.807) is 23.0 Å². The summed E-state index contributed by atoms with van der Waals surface area (Å²) >= 11 is 1.55. The molecule has 0 amide bonds. The Balaban J connectivity index is 1.48. The van der Waals surface area contributed by atoms with Crippen LogP contribution in [0.3, 0.4) is 0 Å². The summed E-state index contributed by atoms with van der Waals surface area (Å²) in [6.45, 7) is 1.90. The Hall–Kier alpha value is -2.76. The van der Waals surface area contributed by atoms with E-state index >= 15 is 0 Å². The minimum atomic E-state index is -4.52. The van der Waals surface area contributed by atoms with Crippen LogP contribution >= 0.6 is 11.3 Å². The van der Waals surface area contributed by atoms with Crippen molar-refractivity contribution in [2.45, 2.75) is 37.9 Å². The van der Waals surface area contributed by atoms with Crippen LogP contribution in [0.5, 0.6) is 0 Å². The molecule has 12 heteroatoms. The van der Waals surface area contributed by atoms with E-state index < -0.39 is 11.7 Å². The van der Waals surface area contributed by atoms with Gasteiger partial charge in [0.1, 0.15) is 21.9 Å². The second-order valence-electron chi connectivity index (χ2n) is 6.52. The van der Waals surface area contributed by atoms with Gasteiger partial charge >= 0.3 is 6.18 Å². The number of rotatable bonds is 5. The van der Waals surface area contributed by atoms with Crippen molar-refractivity contribution in [3.8, 4) is 0 Å². The predicted molar refractivity (Wildman–Crippen MR) is 97.7 cm³/mol. The van der Waals surface area contributed by atoms with Gasteiger partial charge in [0, 0.05) is 19.2 Å². The maximum absolute atomic E-state index is 13.0. The van der Waals surface area contributed by atoms with Crippen molar-refractivity contribution >= 4 is 28.8 Å². The topological polar surface area (TPSA) is 93.4 Å². The maximum Gasteiger partial charge on any atom is 0.421 e. The lowest BCUT2D eigenvalue weighted by Gasteiger charge is -2.34. The van der Waals surface area contributed by atoms with Crippen LogP contribution in [0.2, 0.25) is 0 Å². The van der Waals surface area contributed by atoms with Crippen LogP contribution in [0.4, 0.5) is 30.6 Å². The number of nitrogens with zero attached hydrogens (tertiary/aromatic N) is 6. The minimum absolute atomic E-state index is 0.0698. The standard InChI is InChI=1S/C16H17F3N8S/c1-8-12(24-15-21-5-11(16(17,18)19)13(20-2)25-15)6-23-27(8)10-3-9(4-10)14-26-22-7-28-14/h5-7,9-10H,3-4H2,1-2H3,(H2,20,21,24,25). The molecule has 8 nitrogen and oxygen atoms in total. The van der Waals surface area contributed by atoms with E-state index in [-0.39, 0.29) is 17.8 Å². The van der Waals surface area contributed by atoms with Crippen LogP contribution in [0.1, 0.15) is 41.1 Å². The van der Waals surface area contributed by atoms with E-state index in [9.17, 15) is 13.2 Å². The van der Waals surface area contributed by atoms with E-state index in [1.165, 1.54) is 7.05 Å².